The van der Waals surface area contributed by atoms with Crippen molar-refractivity contribution >= 4 is 5.96 Å². The summed E-state index contributed by atoms with van der Waals surface area (Å²) in [6, 6.07) is 8.71. The van der Waals surface area contributed by atoms with E-state index in [1.165, 1.54) is 5.56 Å². The Labute approximate surface area is 145 Å². The molecule has 1 saturated heterocycles. The van der Waals surface area contributed by atoms with Gasteiger partial charge in [-0.1, -0.05) is 12.1 Å². The number of likely N-dealkylation sites (N-methyl/N-ethyl adjacent to an activating group) is 2. The maximum Gasteiger partial charge on any atom is 0.191 e. The molecule has 1 heterocycles. The summed E-state index contributed by atoms with van der Waals surface area (Å²) in [5.74, 6) is 1.76. The molecule has 0 aliphatic carbocycles. The highest BCUT2D eigenvalue weighted by Crippen LogP contribution is 2.11. The van der Waals surface area contributed by atoms with Crippen molar-refractivity contribution in [1.29, 1.82) is 0 Å². The number of benzene rings is 1. The third-order valence-corrected chi connectivity index (χ3v) is 4.57. The van der Waals surface area contributed by atoms with Gasteiger partial charge in [-0.2, -0.15) is 0 Å². The van der Waals surface area contributed by atoms with Crippen LogP contribution >= 0.6 is 0 Å². The van der Waals surface area contributed by atoms with Crippen molar-refractivity contribution in [1.82, 2.24) is 20.4 Å². The molecule has 0 radical (unpaired) electrons. The molecule has 1 aliphatic rings. The minimum absolute atomic E-state index is 0.517. The van der Waals surface area contributed by atoms with Gasteiger partial charge in [0.05, 0.1) is 7.11 Å². The number of rotatable bonds is 6. The van der Waals surface area contributed by atoms with Gasteiger partial charge in [0, 0.05) is 45.8 Å². The molecule has 134 valence electrons. The highest BCUT2D eigenvalue weighted by atomic mass is 16.5. The molecule has 0 aromatic heterocycles. The van der Waals surface area contributed by atoms with Crippen LogP contribution in [-0.2, 0) is 6.42 Å². The van der Waals surface area contributed by atoms with Gasteiger partial charge in [-0.05, 0) is 38.2 Å². The Morgan fingerprint density at radius 2 is 1.96 bits per heavy atom. The van der Waals surface area contributed by atoms with E-state index in [1.807, 2.05) is 19.2 Å². The van der Waals surface area contributed by atoms with Crippen molar-refractivity contribution in [2.24, 2.45) is 4.99 Å². The van der Waals surface area contributed by atoms with E-state index >= 15 is 0 Å². The van der Waals surface area contributed by atoms with E-state index in [2.05, 4.69) is 51.7 Å². The molecule has 24 heavy (non-hydrogen) atoms. The van der Waals surface area contributed by atoms with Crippen LogP contribution in [0.25, 0.3) is 0 Å². The van der Waals surface area contributed by atoms with E-state index in [0.29, 0.717) is 6.04 Å². The van der Waals surface area contributed by atoms with Crippen molar-refractivity contribution in [2.75, 3.05) is 61.0 Å². The zero-order valence-corrected chi connectivity index (χ0v) is 15.4. The topological polar surface area (TPSA) is 52.1 Å². The minimum Gasteiger partial charge on any atom is -0.497 e. The van der Waals surface area contributed by atoms with Crippen molar-refractivity contribution < 1.29 is 4.74 Å². The maximum atomic E-state index is 5.18. The van der Waals surface area contributed by atoms with Gasteiger partial charge in [0.1, 0.15) is 5.75 Å². The number of methoxy groups -OCH3 is 1. The van der Waals surface area contributed by atoms with E-state index in [-0.39, 0.29) is 0 Å². The highest BCUT2D eigenvalue weighted by molar-refractivity contribution is 5.79. The Bertz CT molecular complexity index is 517. The minimum atomic E-state index is 0.517. The van der Waals surface area contributed by atoms with Crippen LogP contribution < -0.4 is 15.4 Å². The molecule has 2 rings (SSSR count). The van der Waals surface area contributed by atoms with Crippen molar-refractivity contribution in [3.05, 3.63) is 29.8 Å². The van der Waals surface area contributed by atoms with E-state index in [1.54, 1.807) is 7.11 Å². The van der Waals surface area contributed by atoms with Crippen LogP contribution in [-0.4, -0.2) is 82.8 Å². The zero-order valence-electron chi connectivity index (χ0n) is 15.4. The standard InChI is InChI=1S/C18H31N5O/c1-19-18(21-13-16-14-22(2)11-12-23(16)3)20-10-9-15-5-7-17(24-4)8-6-15/h5-8,16H,9-14H2,1-4H3,(H2,19,20,21). The predicted molar refractivity (Wildman–Crippen MR) is 100.0 cm³/mol. The summed E-state index contributed by atoms with van der Waals surface area (Å²) in [5, 5.41) is 6.83. The van der Waals surface area contributed by atoms with Gasteiger partial charge in [-0.25, -0.2) is 0 Å². The number of ether oxygens (including phenoxy) is 1. The number of hydrogen-bond acceptors (Lipinski definition) is 4. The lowest BCUT2D eigenvalue weighted by Crippen LogP contribution is -2.55. The number of guanidine groups is 1. The number of nitrogens with zero attached hydrogens (tertiary/aromatic N) is 3. The molecule has 2 N–H and O–H groups in total. The second-order valence-corrected chi connectivity index (χ2v) is 6.37. The average molecular weight is 333 g/mol. The summed E-state index contributed by atoms with van der Waals surface area (Å²) in [7, 11) is 7.88. The molecule has 1 fully saturated rings. The van der Waals surface area contributed by atoms with Gasteiger partial charge in [0.15, 0.2) is 5.96 Å². The number of aliphatic imine (C=N–C) groups is 1. The van der Waals surface area contributed by atoms with Crippen LogP contribution in [0.15, 0.2) is 29.3 Å². The molecule has 6 heteroatoms. The fraction of sp³-hybridized carbons (Fsp3) is 0.611. The summed E-state index contributed by atoms with van der Waals surface area (Å²) in [6.45, 7) is 5.11. The van der Waals surface area contributed by atoms with Gasteiger partial charge in [-0.3, -0.25) is 9.89 Å². The van der Waals surface area contributed by atoms with Crippen LogP contribution in [0.5, 0.6) is 5.75 Å². The normalized spacial score (nSPS) is 20.0. The molecule has 0 saturated carbocycles. The third kappa shape index (κ3) is 5.69. The van der Waals surface area contributed by atoms with Gasteiger partial charge in [0.2, 0.25) is 0 Å². The van der Waals surface area contributed by atoms with E-state index in [4.69, 9.17) is 4.74 Å². The molecular formula is C18H31N5O. The molecule has 0 bridgehead atoms. The molecule has 1 aromatic rings. The largest absolute Gasteiger partial charge is 0.497 e. The first-order chi connectivity index (χ1) is 11.6. The average Bonchev–Trinajstić information content (AvgIpc) is 2.61. The van der Waals surface area contributed by atoms with Gasteiger partial charge in [0.25, 0.3) is 0 Å². The van der Waals surface area contributed by atoms with Gasteiger partial charge in [-0.15, -0.1) is 0 Å². The van der Waals surface area contributed by atoms with Crippen LogP contribution in [0.3, 0.4) is 0 Å². The lowest BCUT2D eigenvalue weighted by Gasteiger charge is -2.37. The Morgan fingerprint density at radius 3 is 2.62 bits per heavy atom. The molecule has 1 atom stereocenters. The van der Waals surface area contributed by atoms with Crippen molar-refractivity contribution in [2.45, 2.75) is 12.5 Å². The lowest BCUT2D eigenvalue weighted by atomic mass is 10.1. The molecular weight excluding hydrogens is 302 g/mol. The molecule has 6 nitrogen and oxygen atoms in total. The van der Waals surface area contributed by atoms with Crippen molar-refractivity contribution in [3.63, 3.8) is 0 Å². The molecule has 1 aromatic carbocycles. The first-order valence-corrected chi connectivity index (χ1v) is 8.58. The maximum absolute atomic E-state index is 5.18. The van der Waals surface area contributed by atoms with Crippen LogP contribution in [0.1, 0.15) is 5.56 Å². The Morgan fingerprint density at radius 1 is 1.21 bits per heavy atom. The molecule has 0 spiro atoms. The number of hydrogen-bond donors (Lipinski definition) is 2. The van der Waals surface area contributed by atoms with Gasteiger partial charge >= 0.3 is 0 Å². The van der Waals surface area contributed by atoms with Crippen LogP contribution in [0.2, 0.25) is 0 Å². The number of piperazine rings is 1. The van der Waals surface area contributed by atoms with Crippen LogP contribution in [0, 0.1) is 0 Å². The molecule has 1 aliphatic heterocycles. The van der Waals surface area contributed by atoms with Crippen LogP contribution in [0.4, 0.5) is 0 Å². The Hall–Kier alpha value is -1.79. The first kappa shape index (κ1) is 18.5. The Balaban J connectivity index is 1.71. The monoisotopic (exact) mass is 333 g/mol. The number of nitrogens with one attached hydrogen (secondary N) is 2. The predicted octanol–water partition coefficient (Wildman–Crippen LogP) is 0.649. The SMILES string of the molecule is CN=C(NCCc1ccc(OC)cc1)NCC1CN(C)CCN1C. The summed E-state index contributed by atoms with van der Waals surface area (Å²) in [5.41, 5.74) is 1.28. The summed E-state index contributed by atoms with van der Waals surface area (Å²) >= 11 is 0. The van der Waals surface area contributed by atoms with E-state index < -0.39 is 0 Å². The Kier molecular flexibility index (Phi) is 7.34. The van der Waals surface area contributed by atoms with Gasteiger partial charge < -0.3 is 20.3 Å². The second kappa shape index (κ2) is 9.49. The fourth-order valence-electron chi connectivity index (χ4n) is 2.87. The third-order valence-electron chi connectivity index (χ3n) is 4.57. The molecule has 0 amide bonds. The summed E-state index contributed by atoms with van der Waals surface area (Å²) in [4.78, 5) is 9.11. The van der Waals surface area contributed by atoms with E-state index in [0.717, 1.165) is 50.9 Å². The second-order valence-electron chi connectivity index (χ2n) is 6.37. The summed E-state index contributed by atoms with van der Waals surface area (Å²) < 4.78 is 5.18. The summed E-state index contributed by atoms with van der Waals surface area (Å²) in [6.07, 6.45) is 0.955. The fourth-order valence-corrected chi connectivity index (χ4v) is 2.87. The lowest BCUT2D eigenvalue weighted by molar-refractivity contribution is 0.116. The first-order valence-electron chi connectivity index (χ1n) is 8.58. The van der Waals surface area contributed by atoms with Crippen molar-refractivity contribution in [3.8, 4) is 5.75 Å². The quantitative estimate of drug-likeness (QED) is 0.591. The van der Waals surface area contributed by atoms with E-state index in [9.17, 15) is 0 Å². The molecule has 1 unspecified atom stereocenters. The smallest absolute Gasteiger partial charge is 0.191 e. The zero-order chi connectivity index (χ0) is 17.4. The highest BCUT2D eigenvalue weighted by Gasteiger charge is 2.21.